The molecule has 0 saturated heterocycles. The van der Waals surface area contributed by atoms with Gasteiger partial charge >= 0.3 is 8.60 Å². The zero-order chi connectivity index (χ0) is 21.0. The van der Waals surface area contributed by atoms with Crippen LogP contribution >= 0.6 is 8.60 Å². The van der Waals surface area contributed by atoms with Crippen molar-refractivity contribution in [2.75, 3.05) is 19.8 Å². The third kappa shape index (κ3) is 18.3. The van der Waals surface area contributed by atoms with Crippen molar-refractivity contribution in [2.45, 2.75) is 119 Å². The SMILES string of the molecule is CCCCCC(C)COP(OCC(C)CCCCC)OCC(C)CCCCC. The Morgan fingerprint density at radius 1 is 0.500 bits per heavy atom. The van der Waals surface area contributed by atoms with Gasteiger partial charge in [0.15, 0.2) is 0 Å². The maximum atomic E-state index is 6.11. The Labute approximate surface area is 178 Å². The molecular weight excluding hydrogens is 367 g/mol. The Bertz CT molecular complexity index is 267. The summed E-state index contributed by atoms with van der Waals surface area (Å²) in [6.45, 7) is 15.9. The van der Waals surface area contributed by atoms with Crippen LogP contribution in [0.25, 0.3) is 0 Å². The van der Waals surface area contributed by atoms with Crippen molar-refractivity contribution < 1.29 is 13.6 Å². The summed E-state index contributed by atoms with van der Waals surface area (Å²) < 4.78 is 18.3. The van der Waals surface area contributed by atoms with E-state index in [1.807, 2.05) is 0 Å². The minimum atomic E-state index is -1.21. The van der Waals surface area contributed by atoms with Crippen LogP contribution in [0.2, 0.25) is 0 Å². The predicted octanol–water partition coefficient (Wildman–Crippen LogP) is 8.91. The molecule has 0 aromatic heterocycles. The molecule has 0 aromatic carbocycles. The fraction of sp³-hybridized carbons (Fsp3) is 1.00. The van der Waals surface area contributed by atoms with E-state index in [-0.39, 0.29) is 0 Å². The van der Waals surface area contributed by atoms with Gasteiger partial charge in [-0.1, -0.05) is 99.3 Å². The lowest BCUT2D eigenvalue weighted by Crippen LogP contribution is -2.11. The molecule has 0 saturated carbocycles. The summed E-state index contributed by atoms with van der Waals surface area (Å²) in [5.41, 5.74) is 0. The summed E-state index contributed by atoms with van der Waals surface area (Å²) in [4.78, 5) is 0. The van der Waals surface area contributed by atoms with Gasteiger partial charge in [0.1, 0.15) is 0 Å². The Morgan fingerprint density at radius 2 is 0.786 bits per heavy atom. The molecule has 3 nitrogen and oxygen atoms in total. The third-order valence-corrected chi connectivity index (χ3v) is 6.37. The van der Waals surface area contributed by atoms with Crippen molar-refractivity contribution >= 4 is 8.60 Å². The first kappa shape index (κ1) is 28.3. The summed E-state index contributed by atoms with van der Waals surface area (Å²) in [7, 11) is -1.21. The molecule has 3 unspecified atom stereocenters. The summed E-state index contributed by atoms with van der Waals surface area (Å²) >= 11 is 0. The van der Waals surface area contributed by atoms with Gasteiger partial charge in [-0.3, -0.25) is 0 Å². The van der Waals surface area contributed by atoms with Crippen LogP contribution in [0.4, 0.5) is 0 Å². The van der Waals surface area contributed by atoms with Crippen molar-refractivity contribution in [3.05, 3.63) is 0 Å². The number of rotatable bonds is 21. The Morgan fingerprint density at radius 3 is 1.04 bits per heavy atom. The van der Waals surface area contributed by atoms with Crippen LogP contribution in [0.1, 0.15) is 119 Å². The predicted molar refractivity (Wildman–Crippen MR) is 125 cm³/mol. The van der Waals surface area contributed by atoms with Gasteiger partial charge < -0.3 is 13.6 Å². The maximum Gasteiger partial charge on any atom is 0.332 e. The molecule has 0 radical (unpaired) electrons. The molecule has 0 rings (SSSR count). The van der Waals surface area contributed by atoms with E-state index in [4.69, 9.17) is 13.6 Å². The molecule has 0 amide bonds. The highest BCUT2D eigenvalue weighted by Gasteiger charge is 2.18. The van der Waals surface area contributed by atoms with Gasteiger partial charge in [0.25, 0.3) is 0 Å². The van der Waals surface area contributed by atoms with Crippen molar-refractivity contribution in [3.63, 3.8) is 0 Å². The Hall–Kier alpha value is 0.310. The second-order valence-corrected chi connectivity index (χ2v) is 10.1. The minimum Gasteiger partial charge on any atom is -0.312 e. The van der Waals surface area contributed by atoms with Gasteiger partial charge in [-0.15, -0.1) is 0 Å². The maximum absolute atomic E-state index is 6.11. The Kier molecular flexibility index (Phi) is 20.8. The zero-order valence-corrected chi connectivity index (χ0v) is 20.9. The minimum absolute atomic E-state index is 0.577. The van der Waals surface area contributed by atoms with Crippen LogP contribution in [-0.2, 0) is 13.6 Å². The van der Waals surface area contributed by atoms with E-state index in [9.17, 15) is 0 Å². The molecule has 0 aromatic rings. The van der Waals surface area contributed by atoms with Gasteiger partial charge in [-0.05, 0) is 37.0 Å². The molecule has 0 aliphatic heterocycles. The highest BCUT2D eigenvalue weighted by atomic mass is 31.2. The second-order valence-electron chi connectivity index (χ2n) is 8.91. The van der Waals surface area contributed by atoms with Gasteiger partial charge in [0.05, 0.1) is 19.8 Å². The van der Waals surface area contributed by atoms with Crippen molar-refractivity contribution in [3.8, 4) is 0 Å². The normalized spacial score (nSPS) is 16.1. The van der Waals surface area contributed by atoms with Gasteiger partial charge in [-0.2, -0.15) is 0 Å². The van der Waals surface area contributed by atoms with Crippen LogP contribution in [0.5, 0.6) is 0 Å². The molecule has 0 N–H and O–H groups in total. The van der Waals surface area contributed by atoms with Crippen LogP contribution in [0.3, 0.4) is 0 Å². The van der Waals surface area contributed by atoms with E-state index >= 15 is 0 Å². The highest BCUT2D eigenvalue weighted by molar-refractivity contribution is 7.41. The lowest BCUT2D eigenvalue weighted by atomic mass is 10.0. The van der Waals surface area contributed by atoms with Crippen LogP contribution < -0.4 is 0 Å². The van der Waals surface area contributed by atoms with E-state index < -0.39 is 8.60 Å². The molecule has 0 bridgehead atoms. The van der Waals surface area contributed by atoms with Gasteiger partial charge in [-0.25, -0.2) is 0 Å². The average molecular weight is 419 g/mol. The first-order chi connectivity index (χ1) is 13.5. The third-order valence-electron chi connectivity index (χ3n) is 5.29. The molecular formula is C24H51O3P. The molecule has 28 heavy (non-hydrogen) atoms. The summed E-state index contributed by atoms with van der Waals surface area (Å²) in [6, 6.07) is 0. The van der Waals surface area contributed by atoms with Crippen LogP contribution in [-0.4, -0.2) is 19.8 Å². The molecule has 0 aliphatic rings. The standard InChI is InChI=1S/C24H51O3P/c1-7-10-13-16-22(4)19-25-28(26-20-23(5)17-14-11-8-2)27-21-24(6)18-15-12-9-3/h22-24H,7-21H2,1-6H3. The number of hydrogen-bond donors (Lipinski definition) is 0. The zero-order valence-electron chi connectivity index (χ0n) is 20.0. The van der Waals surface area contributed by atoms with Crippen molar-refractivity contribution in [1.82, 2.24) is 0 Å². The van der Waals surface area contributed by atoms with Crippen LogP contribution in [0.15, 0.2) is 0 Å². The summed E-state index contributed by atoms with van der Waals surface area (Å²) in [5, 5.41) is 0. The number of hydrogen-bond acceptors (Lipinski definition) is 3. The average Bonchev–Trinajstić information content (AvgIpc) is 2.68. The first-order valence-corrected chi connectivity index (χ1v) is 13.3. The molecule has 3 atom stereocenters. The summed E-state index contributed by atoms with van der Waals surface area (Å²) in [6.07, 6.45) is 15.4. The smallest absolute Gasteiger partial charge is 0.312 e. The van der Waals surface area contributed by atoms with E-state index in [1.54, 1.807) is 0 Å². The largest absolute Gasteiger partial charge is 0.332 e. The van der Waals surface area contributed by atoms with Crippen molar-refractivity contribution in [2.24, 2.45) is 17.8 Å². The molecule has 170 valence electrons. The van der Waals surface area contributed by atoms with Gasteiger partial charge in [0, 0.05) is 0 Å². The quantitative estimate of drug-likeness (QED) is 0.137. The van der Waals surface area contributed by atoms with Gasteiger partial charge in [0.2, 0.25) is 0 Å². The molecule has 0 spiro atoms. The summed E-state index contributed by atoms with van der Waals surface area (Å²) in [5.74, 6) is 1.73. The fourth-order valence-electron chi connectivity index (χ4n) is 3.15. The highest BCUT2D eigenvalue weighted by Crippen LogP contribution is 2.41. The van der Waals surface area contributed by atoms with E-state index in [0.29, 0.717) is 17.8 Å². The van der Waals surface area contributed by atoms with E-state index in [2.05, 4.69) is 41.5 Å². The molecule has 0 heterocycles. The second kappa shape index (κ2) is 20.6. The first-order valence-electron chi connectivity index (χ1n) is 12.2. The molecule has 4 heteroatoms. The lowest BCUT2D eigenvalue weighted by Gasteiger charge is -2.22. The Balaban J connectivity index is 4.27. The molecule has 0 fully saturated rings. The van der Waals surface area contributed by atoms with Crippen LogP contribution in [0, 0.1) is 17.8 Å². The van der Waals surface area contributed by atoms with E-state index in [1.165, 1.54) is 77.0 Å². The topological polar surface area (TPSA) is 27.7 Å². The monoisotopic (exact) mass is 418 g/mol. The number of unbranched alkanes of at least 4 members (excludes halogenated alkanes) is 6. The lowest BCUT2D eigenvalue weighted by molar-refractivity contribution is 0.118. The molecule has 0 aliphatic carbocycles. The van der Waals surface area contributed by atoms with E-state index in [0.717, 1.165) is 19.8 Å². The fourth-order valence-corrected chi connectivity index (χ4v) is 4.51. The van der Waals surface area contributed by atoms with Crippen molar-refractivity contribution in [1.29, 1.82) is 0 Å².